The van der Waals surface area contributed by atoms with E-state index in [9.17, 15) is 9.59 Å². The molecule has 0 fully saturated rings. The van der Waals surface area contributed by atoms with Crippen LogP contribution in [0.25, 0.3) is 0 Å². The van der Waals surface area contributed by atoms with Crippen LogP contribution in [0.1, 0.15) is 40.9 Å². The molecule has 1 amide bonds. The van der Waals surface area contributed by atoms with Crippen molar-refractivity contribution in [1.82, 2.24) is 5.32 Å². The van der Waals surface area contributed by atoms with Crippen molar-refractivity contribution in [2.75, 3.05) is 13.7 Å². The van der Waals surface area contributed by atoms with Gasteiger partial charge < -0.3 is 14.8 Å². The number of Topliss-reactive ketones (excluding diaryl/α,β-unsaturated/α-hetero) is 1. The number of carbonyl (C=O) groups is 2. The van der Waals surface area contributed by atoms with Gasteiger partial charge in [0.05, 0.1) is 19.8 Å². The van der Waals surface area contributed by atoms with Crippen LogP contribution in [-0.2, 0) is 4.74 Å². The van der Waals surface area contributed by atoms with Crippen molar-refractivity contribution < 1.29 is 19.1 Å². The van der Waals surface area contributed by atoms with Crippen molar-refractivity contribution in [3.63, 3.8) is 0 Å². The van der Waals surface area contributed by atoms with Gasteiger partial charge in [-0.05, 0) is 43.7 Å². The molecule has 5 nitrogen and oxygen atoms in total. The first-order valence-electron chi connectivity index (χ1n) is 8.20. The largest absolute Gasteiger partial charge is 0.497 e. The number of ketones is 1. The highest BCUT2D eigenvalue weighted by Gasteiger charge is 2.20. The molecule has 0 saturated carbocycles. The van der Waals surface area contributed by atoms with Gasteiger partial charge in [-0.1, -0.05) is 29.8 Å². The Bertz CT molecular complexity index is 707. The lowest BCUT2D eigenvalue weighted by Gasteiger charge is -2.18. The SMILES string of the molecule is CCOC(=O)NC(CC(=O)c1ccc(OC)cc1)c1ccc(C)cc1. The zero-order valence-corrected chi connectivity index (χ0v) is 14.7. The van der Waals surface area contributed by atoms with Crippen molar-refractivity contribution in [2.24, 2.45) is 0 Å². The minimum atomic E-state index is -0.532. The van der Waals surface area contributed by atoms with Gasteiger partial charge in [0.2, 0.25) is 0 Å². The summed E-state index contributed by atoms with van der Waals surface area (Å²) < 4.78 is 10.1. The van der Waals surface area contributed by atoms with Gasteiger partial charge in [0.1, 0.15) is 5.75 Å². The van der Waals surface area contributed by atoms with Crippen LogP contribution in [0.4, 0.5) is 4.79 Å². The van der Waals surface area contributed by atoms with Crippen LogP contribution in [0.2, 0.25) is 0 Å². The van der Waals surface area contributed by atoms with E-state index >= 15 is 0 Å². The average molecular weight is 341 g/mol. The third kappa shape index (κ3) is 5.35. The molecule has 1 unspecified atom stereocenters. The third-order valence-corrected chi connectivity index (χ3v) is 3.85. The Hall–Kier alpha value is -2.82. The van der Waals surface area contributed by atoms with Gasteiger partial charge >= 0.3 is 6.09 Å². The summed E-state index contributed by atoms with van der Waals surface area (Å²) in [5.74, 6) is 0.626. The van der Waals surface area contributed by atoms with Gasteiger partial charge in [0, 0.05) is 12.0 Å². The summed E-state index contributed by atoms with van der Waals surface area (Å²) in [4.78, 5) is 24.4. The van der Waals surface area contributed by atoms with E-state index in [1.54, 1.807) is 38.3 Å². The molecule has 132 valence electrons. The Kier molecular flexibility index (Phi) is 6.57. The van der Waals surface area contributed by atoms with Crippen molar-refractivity contribution in [2.45, 2.75) is 26.3 Å². The Morgan fingerprint density at radius 2 is 1.68 bits per heavy atom. The maximum atomic E-state index is 12.6. The van der Waals surface area contributed by atoms with E-state index in [4.69, 9.17) is 9.47 Å². The number of ether oxygens (including phenoxy) is 2. The standard InChI is InChI=1S/C20H23NO4/c1-4-25-20(23)21-18(15-7-5-14(2)6-8-15)13-19(22)16-9-11-17(24-3)12-10-16/h5-12,18H,4,13H2,1-3H3,(H,21,23). The Morgan fingerprint density at radius 1 is 1.04 bits per heavy atom. The first kappa shape index (κ1) is 18.5. The topological polar surface area (TPSA) is 64.6 Å². The van der Waals surface area contributed by atoms with Crippen LogP contribution in [0.3, 0.4) is 0 Å². The normalized spacial score (nSPS) is 11.5. The second-order valence-corrected chi connectivity index (χ2v) is 5.68. The molecule has 2 aromatic carbocycles. The number of amides is 1. The number of carbonyl (C=O) groups excluding carboxylic acids is 2. The van der Waals surface area contributed by atoms with Gasteiger partial charge in [0.15, 0.2) is 5.78 Å². The van der Waals surface area contributed by atoms with Crippen molar-refractivity contribution in [3.8, 4) is 5.75 Å². The molecule has 0 bridgehead atoms. The van der Waals surface area contributed by atoms with E-state index in [0.29, 0.717) is 11.3 Å². The van der Waals surface area contributed by atoms with Crippen molar-refractivity contribution in [1.29, 1.82) is 0 Å². The highest BCUT2D eigenvalue weighted by Crippen LogP contribution is 2.21. The quantitative estimate of drug-likeness (QED) is 0.771. The first-order chi connectivity index (χ1) is 12.0. The Labute approximate surface area is 148 Å². The van der Waals surface area contributed by atoms with Crippen molar-refractivity contribution in [3.05, 3.63) is 65.2 Å². The molecule has 0 aliphatic rings. The van der Waals surface area contributed by atoms with E-state index in [1.165, 1.54) is 0 Å². The summed E-state index contributed by atoms with van der Waals surface area (Å²) in [6.07, 6.45) is -0.385. The highest BCUT2D eigenvalue weighted by atomic mass is 16.5. The van der Waals surface area contributed by atoms with E-state index in [1.807, 2.05) is 31.2 Å². The zero-order valence-electron chi connectivity index (χ0n) is 14.7. The third-order valence-electron chi connectivity index (χ3n) is 3.85. The molecular weight excluding hydrogens is 318 g/mol. The number of hydrogen-bond acceptors (Lipinski definition) is 4. The fourth-order valence-electron chi connectivity index (χ4n) is 2.45. The molecule has 2 aromatic rings. The summed E-state index contributed by atoms with van der Waals surface area (Å²) in [5.41, 5.74) is 2.55. The van der Waals surface area contributed by atoms with E-state index in [0.717, 1.165) is 11.1 Å². The number of benzene rings is 2. The lowest BCUT2D eigenvalue weighted by molar-refractivity contribution is 0.0965. The van der Waals surface area contributed by atoms with Crippen LogP contribution in [0.5, 0.6) is 5.75 Å². The highest BCUT2D eigenvalue weighted by molar-refractivity contribution is 5.96. The van der Waals surface area contributed by atoms with E-state index in [-0.39, 0.29) is 18.8 Å². The number of rotatable bonds is 7. The second-order valence-electron chi connectivity index (χ2n) is 5.68. The summed E-state index contributed by atoms with van der Waals surface area (Å²) in [6, 6.07) is 14.2. The molecule has 2 rings (SSSR count). The summed E-state index contributed by atoms with van der Waals surface area (Å²) in [7, 11) is 1.58. The van der Waals surface area contributed by atoms with Gasteiger partial charge in [-0.25, -0.2) is 4.79 Å². The molecule has 5 heteroatoms. The lowest BCUT2D eigenvalue weighted by Crippen LogP contribution is -2.30. The minimum absolute atomic E-state index is 0.0648. The Balaban J connectivity index is 2.17. The number of nitrogens with one attached hydrogen (secondary N) is 1. The predicted octanol–water partition coefficient (Wildman–Crippen LogP) is 4.06. The summed E-state index contributed by atoms with van der Waals surface area (Å²) >= 11 is 0. The number of alkyl carbamates (subject to hydrolysis) is 1. The number of aryl methyl sites for hydroxylation is 1. The summed E-state index contributed by atoms with van der Waals surface area (Å²) in [5, 5.41) is 2.77. The van der Waals surface area contributed by atoms with Crippen LogP contribution in [-0.4, -0.2) is 25.6 Å². The predicted molar refractivity (Wildman–Crippen MR) is 96.0 cm³/mol. The molecule has 1 N–H and O–H groups in total. The van der Waals surface area contributed by atoms with E-state index in [2.05, 4.69) is 5.32 Å². The molecular formula is C20H23NO4. The molecule has 0 aromatic heterocycles. The molecule has 0 saturated heterocycles. The molecule has 0 spiro atoms. The first-order valence-corrected chi connectivity index (χ1v) is 8.20. The lowest BCUT2D eigenvalue weighted by atomic mass is 9.97. The molecule has 25 heavy (non-hydrogen) atoms. The van der Waals surface area contributed by atoms with Crippen LogP contribution >= 0.6 is 0 Å². The maximum Gasteiger partial charge on any atom is 0.407 e. The van der Waals surface area contributed by atoms with Crippen LogP contribution in [0.15, 0.2) is 48.5 Å². The van der Waals surface area contributed by atoms with Crippen LogP contribution < -0.4 is 10.1 Å². The zero-order chi connectivity index (χ0) is 18.2. The Morgan fingerprint density at radius 3 is 2.24 bits per heavy atom. The summed E-state index contributed by atoms with van der Waals surface area (Å²) in [6.45, 7) is 4.00. The second kappa shape index (κ2) is 8.87. The number of methoxy groups -OCH3 is 1. The van der Waals surface area contributed by atoms with Crippen LogP contribution in [0, 0.1) is 6.92 Å². The monoisotopic (exact) mass is 341 g/mol. The number of hydrogen-bond donors (Lipinski definition) is 1. The molecule has 0 heterocycles. The molecule has 0 radical (unpaired) electrons. The minimum Gasteiger partial charge on any atom is -0.497 e. The smallest absolute Gasteiger partial charge is 0.407 e. The van der Waals surface area contributed by atoms with E-state index < -0.39 is 12.1 Å². The van der Waals surface area contributed by atoms with Gasteiger partial charge in [0.25, 0.3) is 0 Å². The average Bonchev–Trinajstić information content (AvgIpc) is 2.62. The fourth-order valence-corrected chi connectivity index (χ4v) is 2.45. The molecule has 0 aliphatic heterocycles. The van der Waals surface area contributed by atoms with Gasteiger partial charge in [-0.3, -0.25) is 4.79 Å². The molecule has 1 atom stereocenters. The van der Waals surface area contributed by atoms with Gasteiger partial charge in [-0.2, -0.15) is 0 Å². The van der Waals surface area contributed by atoms with Gasteiger partial charge in [-0.15, -0.1) is 0 Å². The maximum absolute atomic E-state index is 12.6. The molecule has 0 aliphatic carbocycles. The fraction of sp³-hybridized carbons (Fsp3) is 0.300. The van der Waals surface area contributed by atoms with Crippen molar-refractivity contribution >= 4 is 11.9 Å².